The van der Waals surface area contributed by atoms with E-state index in [4.69, 9.17) is 5.10 Å². The molecule has 1 aromatic carbocycles. The number of aryl methyl sites for hydroxylation is 1. The summed E-state index contributed by atoms with van der Waals surface area (Å²) in [4.78, 5) is 19.4. The summed E-state index contributed by atoms with van der Waals surface area (Å²) in [6.07, 6.45) is 7.65. The van der Waals surface area contributed by atoms with Crippen LogP contribution in [0.1, 0.15) is 43.0 Å². The van der Waals surface area contributed by atoms with Crippen molar-refractivity contribution in [3.8, 4) is 11.4 Å². The number of carbonyl (C=O) groups is 1. The van der Waals surface area contributed by atoms with E-state index in [1.807, 2.05) is 34.7 Å². The molecule has 5 rings (SSSR count). The van der Waals surface area contributed by atoms with Gasteiger partial charge in [-0.15, -0.1) is 0 Å². The molecule has 0 aliphatic carbocycles. The van der Waals surface area contributed by atoms with E-state index >= 15 is 0 Å². The molecule has 7 heteroatoms. The first-order chi connectivity index (χ1) is 14.7. The van der Waals surface area contributed by atoms with Crippen LogP contribution in [0.15, 0.2) is 42.7 Å². The van der Waals surface area contributed by atoms with E-state index < -0.39 is 0 Å². The molecule has 1 fully saturated rings. The van der Waals surface area contributed by atoms with Crippen molar-refractivity contribution >= 4 is 22.5 Å². The quantitative estimate of drug-likeness (QED) is 0.503. The molecule has 1 amide bonds. The predicted molar refractivity (Wildman–Crippen MR) is 114 cm³/mol. The molecule has 0 saturated carbocycles. The zero-order valence-corrected chi connectivity index (χ0v) is 17.0. The molecule has 0 bridgehead atoms. The predicted octanol–water partition coefficient (Wildman–Crippen LogP) is 4.53. The Hall–Kier alpha value is -3.22. The van der Waals surface area contributed by atoms with Crippen LogP contribution in [-0.2, 0) is 6.54 Å². The molecule has 0 N–H and O–H groups in total. The second-order valence-electron chi connectivity index (χ2n) is 7.82. The summed E-state index contributed by atoms with van der Waals surface area (Å²) in [7, 11) is 0. The third-order valence-electron chi connectivity index (χ3n) is 5.90. The third-order valence-corrected chi connectivity index (χ3v) is 5.90. The summed E-state index contributed by atoms with van der Waals surface area (Å²) >= 11 is 0. The highest BCUT2D eigenvalue weighted by atomic mass is 19.1. The van der Waals surface area contributed by atoms with E-state index in [0.29, 0.717) is 17.8 Å². The van der Waals surface area contributed by atoms with Crippen LogP contribution >= 0.6 is 0 Å². The molecule has 3 aromatic heterocycles. The lowest BCUT2D eigenvalue weighted by molar-refractivity contribution is 0.0762. The molecule has 0 radical (unpaired) electrons. The lowest BCUT2D eigenvalue weighted by Gasteiger charge is -2.20. The van der Waals surface area contributed by atoms with Crippen molar-refractivity contribution in [1.29, 1.82) is 0 Å². The number of fused-ring (bicyclic) bond motifs is 2. The van der Waals surface area contributed by atoms with E-state index in [0.717, 1.165) is 48.2 Å². The number of aromatic nitrogens is 4. The second kappa shape index (κ2) is 7.55. The fourth-order valence-corrected chi connectivity index (χ4v) is 4.32. The van der Waals surface area contributed by atoms with Gasteiger partial charge in [0.25, 0.3) is 5.91 Å². The van der Waals surface area contributed by atoms with Gasteiger partial charge in [-0.2, -0.15) is 5.10 Å². The summed E-state index contributed by atoms with van der Waals surface area (Å²) in [5, 5.41) is 5.69. The van der Waals surface area contributed by atoms with E-state index in [9.17, 15) is 9.18 Å². The van der Waals surface area contributed by atoms with Gasteiger partial charge in [0.15, 0.2) is 0 Å². The normalized spacial score (nSPS) is 15.1. The van der Waals surface area contributed by atoms with Crippen LogP contribution in [0.4, 0.5) is 4.39 Å². The molecular formula is C23H24FN5O. The van der Waals surface area contributed by atoms with Gasteiger partial charge in [-0.1, -0.05) is 12.8 Å². The van der Waals surface area contributed by atoms with Gasteiger partial charge in [-0.05, 0) is 50.1 Å². The number of amides is 1. The average Bonchev–Trinajstić information content (AvgIpc) is 3.21. The van der Waals surface area contributed by atoms with Crippen molar-refractivity contribution in [2.75, 3.05) is 13.1 Å². The lowest BCUT2D eigenvalue weighted by atomic mass is 10.1. The van der Waals surface area contributed by atoms with Crippen molar-refractivity contribution in [3.05, 3.63) is 54.1 Å². The van der Waals surface area contributed by atoms with Gasteiger partial charge in [0, 0.05) is 36.8 Å². The standard InChI is InChI=1S/C23H24FN5O/c1-2-29-19-13-16(23(30)27-11-5-3-4-6-12-27)7-9-18(19)22(26-29)20-14-25-21-10-8-17(24)15-28(20)21/h7-10,13-15H,2-6,11-12H2,1H3. The Morgan fingerprint density at radius 1 is 1.10 bits per heavy atom. The summed E-state index contributed by atoms with van der Waals surface area (Å²) < 4.78 is 17.4. The van der Waals surface area contributed by atoms with Crippen molar-refractivity contribution < 1.29 is 9.18 Å². The number of carbonyl (C=O) groups excluding carboxylic acids is 1. The van der Waals surface area contributed by atoms with Crippen LogP contribution in [0.25, 0.3) is 27.9 Å². The SMILES string of the molecule is CCn1nc(-c2cnc3ccc(F)cn23)c2ccc(C(=O)N3CCCCCC3)cc21. The number of pyridine rings is 1. The highest BCUT2D eigenvalue weighted by Crippen LogP contribution is 2.30. The van der Waals surface area contributed by atoms with Crippen LogP contribution in [-0.4, -0.2) is 43.1 Å². The molecular weight excluding hydrogens is 381 g/mol. The van der Waals surface area contributed by atoms with Crippen molar-refractivity contribution in [2.45, 2.75) is 39.2 Å². The zero-order valence-electron chi connectivity index (χ0n) is 17.0. The van der Waals surface area contributed by atoms with E-state index in [-0.39, 0.29) is 11.7 Å². The molecule has 154 valence electrons. The van der Waals surface area contributed by atoms with Crippen molar-refractivity contribution in [3.63, 3.8) is 0 Å². The molecule has 4 heterocycles. The summed E-state index contributed by atoms with van der Waals surface area (Å²) in [5.74, 6) is -0.243. The van der Waals surface area contributed by atoms with E-state index in [1.54, 1.807) is 16.7 Å². The first-order valence-electron chi connectivity index (χ1n) is 10.6. The van der Waals surface area contributed by atoms with Crippen molar-refractivity contribution in [2.24, 2.45) is 0 Å². The Balaban J connectivity index is 1.60. The van der Waals surface area contributed by atoms with Crippen LogP contribution < -0.4 is 0 Å². The van der Waals surface area contributed by atoms with Gasteiger partial charge < -0.3 is 4.90 Å². The number of hydrogen-bond acceptors (Lipinski definition) is 3. The molecule has 0 atom stereocenters. The Labute approximate surface area is 173 Å². The summed E-state index contributed by atoms with van der Waals surface area (Å²) in [5.41, 5.74) is 3.72. The Morgan fingerprint density at radius 3 is 2.67 bits per heavy atom. The van der Waals surface area contributed by atoms with E-state index in [2.05, 4.69) is 4.98 Å². The van der Waals surface area contributed by atoms with Gasteiger partial charge in [0.2, 0.25) is 0 Å². The molecule has 0 spiro atoms. The van der Waals surface area contributed by atoms with Crippen molar-refractivity contribution in [1.82, 2.24) is 24.1 Å². The number of nitrogens with zero attached hydrogens (tertiary/aromatic N) is 5. The number of rotatable bonds is 3. The van der Waals surface area contributed by atoms with Crippen LogP contribution in [0, 0.1) is 5.82 Å². The minimum atomic E-state index is -0.327. The average molecular weight is 405 g/mol. The number of benzene rings is 1. The number of halogens is 1. The number of hydrogen-bond donors (Lipinski definition) is 0. The Morgan fingerprint density at radius 2 is 1.90 bits per heavy atom. The molecule has 1 saturated heterocycles. The minimum absolute atomic E-state index is 0.0843. The molecule has 0 unspecified atom stereocenters. The molecule has 30 heavy (non-hydrogen) atoms. The Bertz CT molecular complexity index is 1230. The van der Waals surface area contributed by atoms with Crippen LogP contribution in [0.2, 0.25) is 0 Å². The molecule has 1 aliphatic rings. The summed E-state index contributed by atoms with van der Waals surface area (Å²) in [6, 6.07) is 8.82. The minimum Gasteiger partial charge on any atom is -0.339 e. The topological polar surface area (TPSA) is 55.4 Å². The third kappa shape index (κ3) is 3.14. The maximum atomic E-state index is 13.8. The molecule has 6 nitrogen and oxygen atoms in total. The van der Waals surface area contributed by atoms with Crippen LogP contribution in [0.5, 0.6) is 0 Å². The number of likely N-dealkylation sites (tertiary alicyclic amines) is 1. The fraction of sp³-hybridized carbons (Fsp3) is 0.348. The Kier molecular flexibility index (Phi) is 4.73. The maximum absolute atomic E-state index is 13.8. The molecule has 4 aromatic rings. The van der Waals surface area contributed by atoms with Gasteiger partial charge in [0.1, 0.15) is 17.2 Å². The van der Waals surface area contributed by atoms with E-state index in [1.165, 1.54) is 25.1 Å². The lowest BCUT2D eigenvalue weighted by Crippen LogP contribution is -2.31. The van der Waals surface area contributed by atoms with Gasteiger partial charge >= 0.3 is 0 Å². The second-order valence-corrected chi connectivity index (χ2v) is 7.82. The first-order valence-corrected chi connectivity index (χ1v) is 10.6. The molecule has 1 aliphatic heterocycles. The number of imidazole rings is 1. The van der Waals surface area contributed by atoms with Crippen LogP contribution in [0.3, 0.4) is 0 Å². The first kappa shape index (κ1) is 18.8. The highest BCUT2D eigenvalue weighted by Gasteiger charge is 2.21. The fourth-order valence-electron chi connectivity index (χ4n) is 4.32. The zero-order chi connectivity index (χ0) is 20.7. The van der Waals surface area contributed by atoms with Gasteiger partial charge in [-0.25, -0.2) is 9.37 Å². The van der Waals surface area contributed by atoms with Gasteiger partial charge in [0.05, 0.1) is 17.4 Å². The largest absolute Gasteiger partial charge is 0.339 e. The monoisotopic (exact) mass is 405 g/mol. The van der Waals surface area contributed by atoms with Gasteiger partial charge in [-0.3, -0.25) is 13.9 Å². The highest BCUT2D eigenvalue weighted by molar-refractivity contribution is 6.01. The summed E-state index contributed by atoms with van der Waals surface area (Å²) in [6.45, 7) is 4.34. The maximum Gasteiger partial charge on any atom is 0.253 e. The smallest absolute Gasteiger partial charge is 0.253 e.